The van der Waals surface area contributed by atoms with E-state index in [0.29, 0.717) is 18.4 Å². The molecule has 4 fully saturated rings. The van der Waals surface area contributed by atoms with E-state index in [1.807, 2.05) is 6.92 Å². The van der Waals surface area contributed by atoms with Gasteiger partial charge in [-0.1, -0.05) is 97.8 Å². The Hall–Kier alpha value is -2.83. The minimum atomic E-state index is -2.23. The second-order valence-electron chi connectivity index (χ2n) is 16.5. The van der Waals surface area contributed by atoms with Crippen molar-refractivity contribution in [2.75, 3.05) is 13.7 Å². The van der Waals surface area contributed by atoms with E-state index in [9.17, 15) is 34.2 Å². The highest BCUT2D eigenvalue weighted by Crippen LogP contribution is 2.73. The molecule has 0 aromatic heterocycles. The van der Waals surface area contributed by atoms with Crippen molar-refractivity contribution in [2.45, 2.75) is 173 Å². The number of aliphatic hydroxyl groups excluding tert-OH is 2. The van der Waals surface area contributed by atoms with E-state index < -0.39 is 88.3 Å². The lowest BCUT2D eigenvalue weighted by Crippen LogP contribution is -2.79. The maximum absolute atomic E-state index is 13.9. The van der Waals surface area contributed by atoms with Gasteiger partial charge in [0.05, 0.1) is 25.7 Å². The van der Waals surface area contributed by atoms with Gasteiger partial charge in [0.2, 0.25) is 11.7 Å². The Morgan fingerprint density at radius 1 is 0.830 bits per heavy atom. The van der Waals surface area contributed by atoms with Gasteiger partial charge >= 0.3 is 23.9 Å². The summed E-state index contributed by atoms with van der Waals surface area (Å²) in [5.74, 6) is -6.12. The van der Waals surface area contributed by atoms with E-state index in [0.717, 1.165) is 64.9 Å². The van der Waals surface area contributed by atoms with Crippen LogP contribution in [0.2, 0.25) is 0 Å². The molecule has 2 heterocycles. The first-order valence-electron chi connectivity index (χ1n) is 20.3. The van der Waals surface area contributed by atoms with E-state index >= 15 is 0 Å². The molecule has 12 heteroatoms. The molecule has 1 spiro atoms. The van der Waals surface area contributed by atoms with E-state index in [4.69, 9.17) is 23.7 Å². The van der Waals surface area contributed by atoms with Crippen LogP contribution >= 0.6 is 0 Å². The van der Waals surface area contributed by atoms with Crippen LogP contribution in [-0.2, 0) is 47.7 Å². The van der Waals surface area contributed by atoms with Crippen LogP contribution in [-0.4, -0.2) is 83.6 Å². The Balaban J connectivity index is 1.40. The number of methoxy groups -OCH3 is 1. The number of ketones is 1. The molecule has 0 amide bonds. The number of rotatable bonds is 19. The fourth-order valence-electron chi connectivity index (χ4n) is 10.8. The summed E-state index contributed by atoms with van der Waals surface area (Å²) < 4.78 is 29.1. The second kappa shape index (κ2) is 17.3. The van der Waals surface area contributed by atoms with Crippen molar-refractivity contribution in [1.29, 1.82) is 0 Å². The molecule has 2 bridgehead atoms. The normalized spacial score (nSPS) is 35.6. The molecule has 2 saturated carbocycles. The number of carbonyl (C=O) groups is 5. The lowest BCUT2D eigenvalue weighted by atomic mass is 9.38. The zero-order chi connectivity index (χ0) is 38.6. The van der Waals surface area contributed by atoms with Gasteiger partial charge in [-0.15, -0.1) is 0 Å². The first-order chi connectivity index (χ1) is 25.3. The molecule has 53 heavy (non-hydrogen) atoms. The first kappa shape index (κ1) is 41.3. The lowest BCUT2D eigenvalue weighted by Gasteiger charge is -2.67. The number of fused-ring (bicyclic) bond motifs is 2. The molecule has 298 valence electrons. The topological polar surface area (TPSA) is 172 Å². The van der Waals surface area contributed by atoms with E-state index in [2.05, 4.69) is 13.8 Å². The second-order valence-corrected chi connectivity index (χ2v) is 16.5. The predicted octanol–water partition coefficient (Wildman–Crippen LogP) is 5.82. The van der Waals surface area contributed by atoms with Crippen LogP contribution in [0.5, 0.6) is 0 Å². The maximum Gasteiger partial charge on any atom is 0.348 e. The molecule has 0 aromatic carbocycles. The number of allylic oxidation sites excluding steroid dienone is 2. The smallest absolute Gasteiger partial charge is 0.348 e. The molecule has 10 atom stereocenters. The summed E-state index contributed by atoms with van der Waals surface area (Å²) in [6.07, 6.45) is 8.36. The minimum Gasteiger partial charge on any atom is -0.467 e. The molecule has 5 rings (SSSR count). The van der Waals surface area contributed by atoms with Crippen LogP contribution in [0.1, 0.15) is 143 Å². The molecule has 2 saturated heterocycles. The molecule has 3 aliphatic carbocycles. The Bertz CT molecular complexity index is 1410. The fourth-order valence-corrected chi connectivity index (χ4v) is 10.8. The van der Waals surface area contributed by atoms with Crippen LogP contribution in [0.15, 0.2) is 11.3 Å². The van der Waals surface area contributed by atoms with Gasteiger partial charge in [0, 0.05) is 30.6 Å². The minimum absolute atomic E-state index is 0.0235. The Morgan fingerprint density at radius 2 is 1.40 bits per heavy atom. The van der Waals surface area contributed by atoms with Gasteiger partial charge in [-0.25, -0.2) is 9.59 Å². The van der Waals surface area contributed by atoms with Crippen LogP contribution in [0, 0.1) is 28.6 Å². The zero-order valence-electron chi connectivity index (χ0n) is 32.5. The van der Waals surface area contributed by atoms with Gasteiger partial charge < -0.3 is 33.9 Å². The third-order valence-corrected chi connectivity index (χ3v) is 13.3. The van der Waals surface area contributed by atoms with Crippen LogP contribution in [0.3, 0.4) is 0 Å². The van der Waals surface area contributed by atoms with E-state index in [-0.39, 0.29) is 38.0 Å². The molecule has 2 N–H and O–H groups in total. The van der Waals surface area contributed by atoms with Crippen molar-refractivity contribution >= 4 is 29.7 Å². The highest BCUT2D eigenvalue weighted by atomic mass is 16.6. The number of unbranched alkanes of at least 4 members (excludes halogenated alkanes) is 12. The highest BCUT2D eigenvalue weighted by molar-refractivity contribution is 5.98. The number of aliphatic hydroxyl groups is 2. The van der Waals surface area contributed by atoms with E-state index in [1.165, 1.54) is 19.3 Å². The Kier molecular flexibility index (Phi) is 13.5. The lowest BCUT2D eigenvalue weighted by molar-refractivity contribution is -0.290. The summed E-state index contributed by atoms with van der Waals surface area (Å²) in [5, 5.41) is 23.9. The zero-order valence-corrected chi connectivity index (χ0v) is 32.5. The first-order valence-corrected chi connectivity index (χ1v) is 20.3. The molecule has 0 radical (unpaired) electrons. The molecule has 12 nitrogen and oxygen atoms in total. The average Bonchev–Trinajstić information content (AvgIpc) is 3.43. The summed E-state index contributed by atoms with van der Waals surface area (Å²) in [6.45, 7) is 7.67. The van der Waals surface area contributed by atoms with E-state index in [1.54, 1.807) is 6.92 Å². The summed E-state index contributed by atoms with van der Waals surface area (Å²) in [6, 6.07) is 0. The van der Waals surface area contributed by atoms with Crippen molar-refractivity contribution < 1.29 is 57.9 Å². The fraction of sp³-hybridized carbons (Fsp3) is 0.829. The quantitative estimate of drug-likeness (QED) is 0.0924. The van der Waals surface area contributed by atoms with Crippen LogP contribution in [0.25, 0.3) is 0 Å². The summed E-state index contributed by atoms with van der Waals surface area (Å²) in [5.41, 5.74) is -4.08. The van der Waals surface area contributed by atoms with Gasteiger partial charge in [0.1, 0.15) is 12.2 Å². The van der Waals surface area contributed by atoms with Crippen molar-refractivity contribution in [3.8, 4) is 0 Å². The van der Waals surface area contributed by atoms with Gasteiger partial charge in [-0.3, -0.25) is 14.4 Å². The van der Waals surface area contributed by atoms with Gasteiger partial charge in [-0.05, 0) is 43.1 Å². The molecule has 0 unspecified atom stereocenters. The van der Waals surface area contributed by atoms with Gasteiger partial charge in [0.25, 0.3) is 0 Å². The largest absolute Gasteiger partial charge is 0.467 e. The number of hydrogen-bond donors (Lipinski definition) is 2. The van der Waals surface area contributed by atoms with Crippen molar-refractivity contribution in [2.24, 2.45) is 28.6 Å². The summed E-state index contributed by atoms with van der Waals surface area (Å²) in [7, 11) is 1.12. The summed E-state index contributed by atoms with van der Waals surface area (Å²) in [4.78, 5) is 67.8. The van der Waals surface area contributed by atoms with Crippen LogP contribution < -0.4 is 0 Å². The van der Waals surface area contributed by atoms with Crippen molar-refractivity contribution in [1.82, 2.24) is 0 Å². The predicted molar refractivity (Wildman–Crippen MR) is 192 cm³/mol. The number of hydrogen-bond acceptors (Lipinski definition) is 12. The van der Waals surface area contributed by atoms with Gasteiger partial charge in [-0.2, -0.15) is 0 Å². The Labute approximate surface area is 314 Å². The summed E-state index contributed by atoms with van der Waals surface area (Å²) >= 11 is 0. The number of esters is 4. The molecular formula is C41H62O12. The third kappa shape index (κ3) is 7.45. The molecule has 0 aromatic rings. The molecule has 5 aliphatic rings. The number of ether oxygens (including phenoxy) is 5. The standard InChI is InChI=1S/C41H62O12/c1-6-8-10-12-14-16-18-20-29(43)52-32-25(3)26-22-28-40-24-50-41(38(48)49-5,36(46)31(45)34(40)39(26,4)23-27(32)42)35(40)33(37(47)51-28)53-30(44)21-19-17-15-13-11-9-7-2/h26,28,31,33-36,45-46H,6-24H2,1-5H3/t26-,28+,31+,33+,34+,35+,36-,39-,40+,41-/m0/s1. The monoisotopic (exact) mass is 746 g/mol. The molecule has 2 aliphatic heterocycles. The average molecular weight is 747 g/mol. The number of Topliss-reactive ketones (excluding diaryl/α,β-unsaturated/α-hetero) is 1. The number of carbonyl (C=O) groups excluding carboxylic acids is 5. The van der Waals surface area contributed by atoms with Gasteiger partial charge in [0.15, 0.2) is 11.5 Å². The maximum atomic E-state index is 13.9. The van der Waals surface area contributed by atoms with Crippen molar-refractivity contribution in [3.63, 3.8) is 0 Å². The van der Waals surface area contributed by atoms with Crippen molar-refractivity contribution in [3.05, 3.63) is 11.3 Å². The Morgan fingerprint density at radius 3 is 1.98 bits per heavy atom. The highest BCUT2D eigenvalue weighted by Gasteiger charge is 2.85. The SMILES string of the molecule is CCCCCCCCCC(=O)OC1=C(C)[C@@H]2C[C@H]3OC(=O)[C@H](OC(=O)CCCCCCCCC)[C@H]4[C@]5(C(=O)OC)OC[C@]34[C@H]([C@@H](O)[C@@H]5O)[C@@]2(C)CC1=O. The third-order valence-electron chi connectivity index (χ3n) is 13.3. The molecular weight excluding hydrogens is 684 g/mol. The van der Waals surface area contributed by atoms with Crippen LogP contribution in [0.4, 0.5) is 0 Å².